The Morgan fingerprint density at radius 1 is 1.03 bits per heavy atom. The number of carbonyl (C=O) groups is 4. The maximum atomic E-state index is 14.3. The first-order chi connectivity index (χ1) is 15.2. The van der Waals surface area contributed by atoms with E-state index in [0.29, 0.717) is 12.0 Å². The van der Waals surface area contributed by atoms with Crippen molar-refractivity contribution >= 4 is 23.7 Å². The Kier molecular flexibility index (Phi) is 5.21. The molecule has 8 nitrogen and oxygen atoms in total. The summed E-state index contributed by atoms with van der Waals surface area (Å²) < 4.78 is 0. The summed E-state index contributed by atoms with van der Waals surface area (Å²) in [5.74, 6) is -6.87. The largest absolute Gasteiger partial charge is 0.481 e. The van der Waals surface area contributed by atoms with Gasteiger partial charge in [0.05, 0.1) is 30.3 Å². The topological polar surface area (TPSA) is 149 Å². The SMILES string of the molecule is CC1=CC23C(=O)C(C=C(CC(=O)O)C(CC(=O)O)C2(O)C1CC(=O)O)C1C(CC3C)C1(C)C. The van der Waals surface area contributed by atoms with Crippen molar-refractivity contribution in [2.75, 3.05) is 0 Å². The van der Waals surface area contributed by atoms with Crippen LogP contribution in [0.25, 0.3) is 0 Å². The Labute approximate surface area is 192 Å². The van der Waals surface area contributed by atoms with Gasteiger partial charge in [-0.2, -0.15) is 0 Å². The molecule has 0 radical (unpaired) electrons. The van der Waals surface area contributed by atoms with Gasteiger partial charge in [0, 0.05) is 17.8 Å². The van der Waals surface area contributed by atoms with Crippen LogP contribution >= 0.6 is 0 Å². The zero-order valence-electron chi connectivity index (χ0n) is 19.4. The van der Waals surface area contributed by atoms with Crippen molar-refractivity contribution in [2.24, 2.45) is 46.3 Å². The molecule has 0 amide bonds. The number of carboxylic acids is 3. The fraction of sp³-hybridized carbons (Fsp3) is 0.680. The number of carbonyl (C=O) groups excluding carboxylic acids is 1. The molecule has 0 saturated heterocycles. The Balaban J connectivity index is 2.03. The van der Waals surface area contributed by atoms with Crippen LogP contribution in [-0.4, -0.2) is 49.7 Å². The summed E-state index contributed by atoms with van der Waals surface area (Å²) in [5.41, 5.74) is -2.89. The van der Waals surface area contributed by atoms with Crippen LogP contribution in [-0.2, 0) is 19.2 Å². The van der Waals surface area contributed by atoms with Crippen molar-refractivity contribution in [3.05, 3.63) is 23.3 Å². The van der Waals surface area contributed by atoms with E-state index in [-0.39, 0.29) is 34.5 Å². The van der Waals surface area contributed by atoms with E-state index in [0.717, 1.165) is 0 Å². The van der Waals surface area contributed by atoms with E-state index in [4.69, 9.17) is 0 Å². The maximum Gasteiger partial charge on any atom is 0.307 e. The van der Waals surface area contributed by atoms with E-state index >= 15 is 0 Å². The lowest BCUT2D eigenvalue weighted by atomic mass is 9.54. The van der Waals surface area contributed by atoms with Crippen molar-refractivity contribution in [1.29, 1.82) is 0 Å². The highest BCUT2D eigenvalue weighted by Crippen LogP contribution is 2.73. The molecule has 0 aliphatic heterocycles. The molecule has 4 N–H and O–H groups in total. The van der Waals surface area contributed by atoms with Crippen LogP contribution in [0.15, 0.2) is 23.3 Å². The zero-order valence-corrected chi connectivity index (χ0v) is 19.4. The van der Waals surface area contributed by atoms with Crippen LogP contribution in [0.4, 0.5) is 0 Å². The molecule has 4 aliphatic carbocycles. The van der Waals surface area contributed by atoms with Gasteiger partial charge in [-0.1, -0.05) is 44.1 Å². The van der Waals surface area contributed by atoms with Gasteiger partial charge in [-0.25, -0.2) is 0 Å². The lowest BCUT2D eigenvalue weighted by Crippen LogP contribution is -2.61. The smallest absolute Gasteiger partial charge is 0.307 e. The second-order valence-corrected chi connectivity index (χ2v) is 11.2. The average molecular weight is 461 g/mol. The number of allylic oxidation sites excluding steroid dienone is 1. The van der Waals surface area contributed by atoms with E-state index in [2.05, 4.69) is 13.8 Å². The third kappa shape index (κ3) is 3.06. The average Bonchev–Trinajstić information content (AvgIpc) is 3.17. The van der Waals surface area contributed by atoms with E-state index in [9.17, 15) is 39.6 Å². The van der Waals surface area contributed by atoms with Gasteiger partial charge in [0.2, 0.25) is 0 Å². The molecule has 8 heteroatoms. The minimum atomic E-state index is -2.04. The number of carboxylic acid groups (broad SMARTS) is 3. The molecule has 33 heavy (non-hydrogen) atoms. The summed E-state index contributed by atoms with van der Waals surface area (Å²) in [6.45, 7) is 7.72. The Bertz CT molecular complexity index is 1010. The quantitative estimate of drug-likeness (QED) is 0.442. The van der Waals surface area contributed by atoms with Gasteiger partial charge < -0.3 is 20.4 Å². The first-order valence-corrected chi connectivity index (χ1v) is 11.5. The first-order valence-electron chi connectivity index (χ1n) is 11.5. The molecule has 8 unspecified atom stereocenters. The van der Waals surface area contributed by atoms with Crippen LogP contribution in [0.5, 0.6) is 0 Å². The lowest BCUT2D eigenvalue weighted by molar-refractivity contribution is -0.173. The van der Waals surface area contributed by atoms with Crippen molar-refractivity contribution in [2.45, 2.75) is 59.0 Å². The molecule has 0 aromatic rings. The number of rotatable bonds is 6. The van der Waals surface area contributed by atoms with Crippen LogP contribution in [0, 0.1) is 46.3 Å². The molecular weight excluding hydrogens is 428 g/mol. The number of ketones is 1. The molecule has 180 valence electrons. The van der Waals surface area contributed by atoms with Gasteiger partial charge in [-0.05, 0) is 36.5 Å². The van der Waals surface area contributed by atoms with Gasteiger partial charge in [0.1, 0.15) is 0 Å². The summed E-state index contributed by atoms with van der Waals surface area (Å²) in [4.78, 5) is 49.9. The standard InChI is InChI=1S/C25H32O8/c1-11-10-24-12(2)5-17-21(23(17,3)4)14(22(24)32)6-13(7-18(26)27)16(9-20(30)31)25(24,33)15(11)8-19(28)29/h6,10,12,14-17,21,33H,5,7-9H2,1-4H3,(H,26,27)(H,28,29)(H,30,31). The number of hydrogen-bond acceptors (Lipinski definition) is 5. The van der Waals surface area contributed by atoms with Crippen molar-refractivity contribution < 1.29 is 39.6 Å². The number of hydrogen-bond donors (Lipinski definition) is 4. The number of Topliss-reactive ketones (excluding diaryl/α,β-unsaturated/α-hetero) is 1. The second kappa shape index (κ2) is 7.26. The van der Waals surface area contributed by atoms with E-state index in [1.807, 2.05) is 6.92 Å². The molecular formula is C25H32O8. The van der Waals surface area contributed by atoms with Crippen molar-refractivity contribution in [3.63, 3.8) is 0 Å². The molecule has 8 atom stereocenters. The van der Waals surface area contributed by atoms with Crippen LogP contribution in [0.3, 0.4) is 0 Å². The summed E-state index contributed by atoms with van der Waals surface area (Å²) in [6.07, 6.45) is 2.40. The number of aliphatic carboxylic acids is 3. The molecule has 0 aromatic carbocycles. The molecule has 0 heterocycles. The summed E-state index contributed by atoms with van der Waals surface area (Å²) in [5, 5.41) is 41.5. The van der Waals surface area contributed by atoms with E-state index < -0.39 is 65.9 Å². The van der Waals surface area contributed by atoms with Gasteiger partial charge in [-0.15, -0.1) is 0 Å². The van der Waals surface area contributed by atoms with E-state index in [1.54, 1.807) is 19.1 Å². The normalized spacial score (nSPS) is 42.8. The molecule has 2 fully saturated rings. The highest BCUT2D eigenvalue weighted by atomic mass is 16.4. The Hall–Kier alpha value is -2.48. The third-order valence-corrected chi connectivity index (χ3v) is 9.31. The fourth-order valence-electron chi connectivity index (χ4n) is 7.86. The van der Waals surface area contributed by atoms with Gasteiger partial charge >= 0.3 is 17.9 Å². The van der Waals surface area contributed by atoms with E-state index in [1.165, 1.54) is 0 Å². The lowest BCUT2D eigenvalue weighted by Gasteiger charge is -2.51. The molecule has 4 aliphatic rings. The minimum absolute atomic E-state index is 0.0318. The van der Waals surface area contributed by atoms with Gasteiger partial charge in [0.25, 0.3) is 0 Å². The molecule has 2 bridgehead atoms. The number of aliphatic hydroxyl groups is 1. The predicted molar refractivity (Wildman–Crippen MR) is 116 cm³/mol. The molecule has 1 spiro atoms. The zero-order chi connectivity index (χ0) is 24.7. The molecule has 2 saturated carbocycles. The van der Waals surface area contributed by atoms with Gasteiger partial charge in [0.15, 0.2) is 5.78 Å². The fourth-order valence-corrected chi connectivity index (χ4v) is 7.86. The predicted octanol–water partition coefficient (Wildman–Crippen LogP) is 2.76. The number of fused-ring (bicyclic) bond motifs is 3. The minimum Gasteiger partial charge on any atom is -0.481 e. The first kappa shape index (κ1) is 23.7. The van der Waals surface area contributed by atoms with Crippen LogP contribution < -0.4 is 0 Å². The molecule has 0 aromatic heterocycles. The van der Waals surface area contributed by atoms with Crippen molar-refractivity contribution in [3.8, 4) is 0 Å². The summed E-state index contributed by atoms with van der Waals surface area (Å²) in [6, 6.07) is 0. The Morgan fingerprint density at radius 2 is 1.61 bits per heavy atom. The maximum absolute atomic E-state index is 14.3. The highest BCUT2D eigenvalue weighted by molar-refractivity contribution is 5.95. The molecule has 4 rings (SSSR count). The third-order valence-electron chi connectivity index (χ3n) is 9.31. The van der Waals surface area contributed by atoms with Crippen molar-refractivity contribution in [1.82, 2.24) is 0 Å². The van der Waals surface area contributed by atoms with Gasteiger partial charge in [-0.3, -0.25) is 19.2 Å². The highest BCUT2D eigenvalue weighted by Gasteiger charge is 2.75. The van der Waals surface area contributed by atoms with Crippen LogP contribution in [0.1, 0.15) is 53.4 Å². The second-order valence-electron chi connectivity index (χ2n) is 11.2. The Morgan fingerprint density at radius 3 is 2.15 bits per heavy atom. The monoisotopic (exact) mass is 460 g/mol. The summed E-state index contributed by atoms with van der Waals surface area (Å²) in [7, 11) is 0. The summed E-state index contributed by atoms with van der Waals surface area (Å²) >= 11 is 0. The van der Waals surface area contributed by atoms with Crippen LogP contribution in [0.2, 0.25) is 0 Å².